The number of thioether (sulfide) groups is 1. The van der Waals surface area contributed by atoms with Crippen molar-refractivity contribution in [3.8, 4) is 11.6 Å². The van der Waals surface area contributed by atoms with Crippen molar-refractivity contribution >= 4 is 11.8 Å². The Morgan fingerprint density at radius 2 is 1.83 bits per heavy atom. The van der Waals surface area contributed by atoms with Gasteiger partial charge in [0.15, 0.2) is 0 Å². The molecule has 0 radical (unpaired) electrons. The number of hydrogen-bond acceptors (Lipinski definition) is 3. The topological polar surface area (TPSA) is 58.0 Å². The van der Waals surface area contributed by atoms with Gasteiger partial charge in [-0.1, -0.05) is 0 Å². The lowest BCUT2D eigenvalue weighted by Crippen LogP contribution is -2.13. The SMILES string of the molecule is O=c1[nH]c(O)cn1-c1ccc(SC(F)(F)F)cc1. The number of aromatic hydroxyl groups is 1. The lowest BCUT2D eigenvalue weighted by Gasteiger charge is -2.06. The fourth-order valence-corrected chi connectivity index (χ4v) is 1.92. The van der Waals surface area contributed by atoms with E-state index in [9.17, 15) is 18.0 Å². The highest BCUT2D eigenvalue weighted by molar-refractivity contribution is 8.00. The first kappa shape index (κ1) is 12.6. The molecule has 96 valence electrons. The summed E-state index contributed by atoms with van der Waals surface area (Å²) in [5, 5.41) is 9.07. The number of H-pyrrole nitrogens is 1. The zero-order chi connectivity index (χ0) is 13.3. The summed E-state index contributed by atoms with van der Waals surface area (Å²) in [5.41, 5.74) is -4.54. The Kier molecular flexibility index (Phi) is 3.12. The molecule has 0 spiro atoms. The minimum Gasteiger partial charge on any atom is -0.493 e. The molecule has 1 heterocycles. The molecule has 1 aromatic carbocycles. The molecule has 2 aromatic rings. The Morgan fingerprint density at radius 3 is 2.28 bits per heavy atom. The van der Waals surface area contributed by atoms with E-state index < -0.39 is 11.2 Å². The van der Waals surface area contributed by atoms with E-state index in [1.165, 1.54) is 24.3 Å². The first-order valence-electron chi connectivity index (χ1n) is 4.72. The lowest BCUT2D eigenvalue weighted by atomic mass is 10.3. The fourth-order valence-electron chi connectivity index (χ4n) is 1.38. The monoisotopic (exact) mass is 276 g/mol. The minimum atomic E-state index is -4.34. The van der Waals surface area contributed by atoms with Gasteiger partial charge in [-0.25, -0.2) is 4.79 Å². The molecule has 4 nitrogen and oxygen atoms in total. The van der Waals surface area contributed by atoms with Gasteiger partial charge in [0, 0.05) is 4.90 Å². The van der Waals surface area contributed by atoms with E-state index in [1.54, 1.807) is 0 Å². The van der Waals surface area contributed by atoms with Crippen LogP contribution in [0.25, 0.3) is 5.69 Å². The molecule has 0 saturated carbocycles. The number of aromatic amines is 1. The number of nitrogens with one attached hydrogen (secondary N) is 1. The summed E-state index contributed by atoms with van der Waals surface area (Å²) >= 11 is -0.231. The van der Waals surface area contributed by atoms with Crippen molar-refractivity contribution < 1.29 is 18.3 Å². The predicted molar refractivity (Wildman–Crippen MR) is 60.0 cm³/mol. The molecule has 0 fully saturated rings. The molecular weight excluding hydrogens is 269 g/mol. The number of rotatable bonds is 2. The second-order valence-corrected chi connectivity index (χ2v) is 4.49. The summed E-state index contributed by atoms with van der Waals surface area (Å²) in [7, 11) is 0. The van der Waals surface area contributed by atoms with Gasteiger partial charge < -0.3 is 5.11 Å². The van der Waals surface area contributed by atoms with E-state index in [0.717, 1.165) is 10.8 Å². The maximum atomic E-state index is 12.1. The van der Waals surface area contributed by atoms with E-state index in [1.807, 2.05) is 0 Å². The van der Waals surface area contributed by atoms with Crippen LogP contribution in [0, 0.1) is 0 Å². The fraction of sp³-hybridized carbons (Fsp3) is 0.100. The van der Waals surface area contributed by atoms with Crippen molar-refractivity contribution in [2.24, 2.45) is 0 Å². The number of imidazole rings is 1. The van der Waals surface area contributed by atoms with Gasteiger partial charge in [0.1, 0.15) is 0 Å². The van der Waals surface area contributed by atoms with Crippen LogP contribution >= 0.6 is 11.8 Å². The van der Waals surface area contributed by atoms with Gasteiger partial charge in [0.25, 0.3) is 0 Å². The van der Waals surface area contributed by atoms with Crippen LogP contribution in [0.5, 0.6) is 5.88 Å². The quantitative estimate of drug-likeness (QED) is 0.828. The van der Waals surface area contributed by atoms with Crippen molar-refractivity contribution in [1.82, 2.24) is 9.55 Å². The van der Waals surface area contributed by atoms with Crippen LogP contribution in [0.4, 0.5) is 13.2 Å². The van der Waals surface area contributed by atoms with Crippen LogP contribution in [0.1, 0.15) is 0 Å². The van der Waals surface area contributed by atoms with E-state index in [2.05, 4.69) is 4.98 Å². The molecular formula is C10H7F3N2O2S. The van der Waals surface area contributed by atoms with E-state index in [4.69, 9.17) is 5.11 Å². The number of aromatic nitrogens is 2. The van der Waals surface area contributed by atoms with E-state index in [-0.39, 0.29) is 22.5 Å². The Labute approximate surface area is 103 Å². The second-order valence-electron chi connectivity index (χ2n) is 3.36. The predicted octanol–water partition coefficient (Wildman–Crippen LogP) is 2.48. The van der Waals surface area contributed by atoms with Crippen LogP contribution < -0.4 is 5.69 Å². The molecule has 0 atom stereocenters. The maximum Gasteiger partial charge on any atom is 0.446 e. The number of hydrogen-bond donors (Lipinski definition) is 2. The summed E-state index contributed by atoms with van der Waals surface area (Å²) in [6, 6.07) is 5.24. The molecule has 0 aliphatic heterocycles. The minimum absolute atomic E-state index is 0.0269. The van der Waals surface area contributed by atoms with Crippen LogP contribution in [0.3, 0.4) is 0 Å². The second kappa shape index (κ2) is 4.45. The third-order valence-electron chi connectivity index (χ3n) is 2.05. The molecule has 0 saturated heterocycles. The van der Waals surface area contributed by atoms with Gasteiger partial charge in [0.05, 0.1) is 11.9 Å². The highest BCUT2D eigenvalue weighted by Gasteiger charge is 2.29. The third-order valence-corrected chi connectivity index (χ3v) is 2.79. The average Bonchev–Trinajstić information content (AvgIpc) is 2.57. The van der Waals surface area contributed by atoms with Gasteiger partial charge in [0.2, 0.25) is 5.88 Å². The molecule has 0 aliphatic carbocycles. The highest BCUT2D eigenvalue weighted by atomic mass is 32.2. The van der Waals surface area contributed by atoms with Gasteiger partial charge >= 0.3 is 11.2 Å². The molecule has 1 aromatic heterocycles. The van der Waals surface area contributed by atoms with E-state index >= 15 is 0 Å². The van der Waals surface area contributed by atoms with Crippen LogP contribution in [-0.2, 0) is 0 Å². The Morgan fingerprint density at radius 1 is 1.22 bits per heavy atom. The molecule has 0 amide bonds. The molecule has 0 bridgehead atoms. The van der Waals surface area contributed by atoms with Gasteiger partial charge in [-0.2, -0.15) is 13.2 Å². The summed E-state index contributed by atoms with van der Waals surface area (Å²) in [6.07, 6.45) is 1.15. The number of alkyl halides is 3. The van der Waals surface area contributed by atoms with Crippen LogP contribution in [0.2, 0.25) is 0 Å². The van der Waals surface area contributed by atoms with Crippen LogP contribution in [-0.4, -0.2) is 20.2 Å². The molecule has 2 rings (SSSR count). The standard InChI is InChI=1S/C10H7F3N2O2S/c11-10(12,13)18-7-3-1-6(2-4-7)15-5-8(16)14-9(15)17/h1-5,16H,(H,14,17). The van der Waals surface area contributed by atoms with Gasteiger partial charge in [-0.3, -0.25) is 9.55 Å². The first-order chi connectivity index (χ1) is 8.35. The molecule has 0 unspecified atom stereocenters. The molecule has 2 N–H and O–H groups in total. The van der Waals surface area contributed by atoms with Crippen molar-refractivity contribution in [2.75, 3.05) is 0 Å². The molecule has 8 heteroatoms. The Hall–Kier alpha value is -1.83. The summed E-state index contributed by atoms with van der Waals surface area (Å²) in [5.74, 6) is -0.311. The highest BCUT2D eigenvalue weighted by Crippen LogP contribution is 2.36. The zero-order valence-corrected chi connectivity index (χ0v) is 9.55. The van der Waals surface area contributed by atoms with Crippen LogP contribution in [0.15, 0.2) is 40.2 Å². The summed E-state index contributed by atoms with van der Waals surface area (Å²) < 4.78 is 37.4. The smallest absolute Gasteiger partial charge is 0.446 e. The number of nitrogens with zero attached hydrogens (tertiary/aromatic N) is 1. The number of halogens is 3. The summed E-state index contributed by atoms with van der Waals surface area (Å²) in [6.45, 7) is 0. The zero-order valence-electron chi connectivity index (χ0n) is 8.73. The Balaban J connectivity index is 2.28. The molecule has 18 heavy (non-hydrogen) atoms. The van der Waals surface area contributed by atoms with E-state index in [0.29, 0.717) is 5.69 Å². The van der Waals surface area contributed by atoms with Crippen molar-refractivity contribution in [3.63, 3.8) is 0 Å². The normalized spacial score (nSPS) is 11.7. The van der Waals surface area contributed by atoms with Gasteiger partial charge in [-0.05, 0) is 36.0 Å². The van der Waals surface area contributed by atoms with Crippen molar-refractivity contribution in [2.45, 2.75) is 10.4 Å². The Bertz CT molecular complexity index is 601. The third kappa shape index (κ3) is 2.89. The average molecular weight is 276 g/mol. The van der Waals surface area contributed by atoms with Crippen molar-refractivity contribution in [1.29, 1.82) is 0 Å². The first-order valence-corrected chi connectivity index (χ1v) is 5.53. The maximum absolute atomic E-state index is 12.1. The van der Waals surface area contributed by atoms with Crippen molar-refractivity contribution in [3.05, 3.63) is 40.9 Å². The summed E-state index contributed by atoms with van der Waals surface area (Å²) in [4.78, 5) is 13.5. The van der Waals surface area contributed by atoms with Gasteiger partial charge in [-0.15, -0.1) is 0 Å². The largest absolute Gasteiger partial charge is 0.493 e. The molecule has 0 aliphatic rings. The lowest BCUT2D eigenvalue weighted by molar-refractivity contribution is -0.0328. The number of benzene rings is 1.